The zero-order valence-electron chi connectivity index (χ0n) is 17.3. The second kappa shape index (κ2) is 7.77. The van der Waals surface area contributed by atoms with E-state index in [1.165, 1.54) is 21.5 Å². The first-order valence-corrected chi connectivity index (χ1v) is 11.5. The van der Waals surface area contributed by atoms with E-state index in [4.69, 9.17) is 14.3 Å². The largest absolute Gasteiger partial charge is 0.493 e. The summed E-state index contributed by atoms with van der Waals surface area (Å²) in [5.41, 5.74) is 1.14. The molecule has 1 saturated heterocycles. The van der Waals surface area contributed by atoms with Gasteiger partial charge in [0.2, 0.25) is 0 Å². The van der Waals surface area contributed by atoms with Gasteiger partial charge in [-0.15, -0.1) is 0 Å². The highest BCUT2D eigenvalue weighted by Crippen LogP contribution is 2.38. The van der Waals surface area contributed by atoms with Gasteiger partial charge in [-0.3, -0.25) is 0 Å². The Balaban J connectivity index is 1.49. The molecular weight excluding hydrogens is 394 g/mol. The molecule has 160 valence electrons. The lowest BCUT2D eigenvalue weighted by Gasteiger charge is -2.23. The third kappa shape index (κ3) is 3.95. The summed E-state index contributed by atoms with van der Waals surface area (Å²) in [6.07, 6.45) is 5.94. The Bertz CT molecular complexity index is 895. The molecule has 29 heavy (non-hydrogen) atoms. The van der Waals surface area contributed by atoms with Crippen molar-refractivity contribution < 1.29 is 22.7 Å². The molecule has 3 aliphatic rings. The Morgan fingerprint density at radius 1 is 1.24 bits per heavy atom. The molecule has 0 aromatic heterocycles. The Hall–Kier alpha value is -1.84. The van der Waals surface area contributed by atoms with Gasteiger partial charge in [-0.05, 0) is 43.9 Å². The van der Waals surface area contributed by atoms with Crippen molar-refractivity contribution >= 4 is 15.9 Å². The molecule has 8 nitrogen and oxygen atoms in total. The second-order valence-corrected chi connectivity index (χ2v) is 10.4. The molecule has 1 atom stereocenters. The van der Waals surface area contributed by atoms with E-state index in [1.54, 1.807) is 21.2 Å². The lowest BCUT2D eigenvalue weighted by atomic mass is 9.93. The van der Waals surface area contributed by atoms with Gasteiger partial charge in [0, 0.05) is 39.0 Å². The monoisotopic (exact) mass is 423 g/mol. The number of ether oxygens (including phenoxy) is 2. The van der Waals surface area contributed by atoms with Crippen molar-refractivity contribution in [3.8, 4) is 11.5 Å². The molecule has 2 heterocycles. The van der Waals surface area contributed by atoms with Crippen LogP contribution in [0, 0.1) is 0 Å². The van der Waals surface area contributed by atoms with Crippen LogP contribution < -0.4 is 9.47 Å². The molecule has 1 aromatic carbocycles. The maximum atomic E-state index is 12.4. The highest BCUT2D eigenvalue weighted by atomic mass is 32.2. The van der Waals surface area contributed by atoms with Gasteiger partial charge < -0.3 is 14.3 Å². The van der Waals surface area contributed by atoms with Crippen LogP contribution in [-0.2, 0) is 15.0 Å². The molecule has 9 heteroatoms. The number of rotatable bonds is 6. The fraction of sp³-hybridized carbons (Fsp3) is 0.650. The van der Waals surface area contributed by atoms with Crippen LogP contribution in [0.2, 0.25) is 0 Å². The smallest absolute Gasteiger partial charge is 0.281 e. The summed E-state index contributed by atoms with van der Waals surface area (Å²) in [6.45, 7) is 0.740. The number of hydrogen-bond donors (Lipinski definition) is 0. The van der Waals surface area contributed by atoms with Gasteiger partial charge in [0.05, 0.1) is 25.5 Å². The predicted molar refractivity (Wildman–Crippen MR) is 110 cm³/mol. The number of methoxy groups -OCH3 is 1. The molecule has 0 bridgehead atoms. The van der Waals surface area contributed by atoms with Crippen LogP contribution in [0.5, 0.6) is 11.5 Å². The maximum Gasteiger partial charge on any atom is 0.281 e. The number of benzene rings is 1. The summed E-state index contributed by atoms with van der Waals surface area (Å²) < 4.78 is 39.2. The molecule has 1 spiro atoms. The third-order valence-corrected chi connectivity index (χ3v) is 7.89. The van der Waals surface area contributed by atoms with Crippen molar-refractivity contribution in [2.24, 2.45) is 5.16 Å². The van der Waals surface area contributed by atoms with E-state index in [1.807, 2.05) is 18.2 Å². The van der Waals surface area contributed by atoms with Gasteiger partial charge in [-0.25, -0.2) is 0 Å². The van der Waals surface area contributed by atoms with Crippen LogP contribution in [0.25, 0.3) is 0 Å². The fourth-order valence-corrected chi connectivity index (χ4v) is 5.45. The Morgan fingerprint density at radius 3 is 2.69 bits per heavy atom. The molecule has 1 aliphatic carbocycles. The molecule has 0 N–H and O–H groups in total. The van der Waals surface area contributed by atoms with E-state index in [2.05, 4.69) is 5.16 Å². The summed E-state index contributed by atoms with van der Waals surface area (Å²) in [5.74, 6) is 1.43. The van der Waals surface area contributed by atoms with E-state index < -0.39 is 15.8 Å². The molecule has 1 saturated carbocycles. The minimum Gasteiger partial charge on any atom is -0.493 e. The van der Waals surface area contributed by atoms with Crippen molar-refractivity contribution in [3.05, 3.63) is 23.8 Å². The van der Waals surface area contributed by atoms with E-state index in [9.17, 15) is 8.42 Å². The van der Waals surface area contributed by atoms with Crippen LogP contribution >= 0.6 is 0 Å². The zero-order chi connectivity index (χ0) is 20.6. The first-order valence-electron chi connectivity index (χ1n) is 10.1. The molecule has 1 aromatic rings. The van der Waals surface area contributed by atoms with Gasteiger partial charge in [-0.2, -0.15) is 17.0 Å². The average Bonchev–Trinajstić information content (AvgIpc) is 3.44. The van der Waals surface area contributed by atoms with E-state index in [0.29, 0.717) is 31.7 Å². The van der Waals surface area contributed by atoms with Gasteiger partial charge in [0.15, 0.2) is 17.1 Å². The molecule has 4 rings (SSSR count). The molecule has 2 aliphatic heterocycles. The first-order chi connectivity index (χ1) is 13.8. The maximum absolute atomic E-state index is 12.4. The summed E-state index contributed by atoms with van der Waals surface area (Å²) >= 11 is 0. The second-order valence-electron chi connectivity index (χ2n) is 8.25. The standard InChI is InChI=1S/C20H29N3O5S/c1-22(2)29(24,25)23-11-10-20(14-23)13-17(21-28-20)15-8-9-18(26-3)19(12-15)27-16-6-4-5-7-16/h8-9,12,16H,4-7,10-11,13-14H2,1-3H3. The van der Waals surface area contributed by atoms with Crippen molar-refractivity contribution in [2.75, 3.05) is 34.3 Å². The zero-order valence-corrected chi connectivity index (χ0v) is 18.1. The van der Waals surface area contributed by atoms with Gasteiger partial charge in [-0.1, -0.05) is 5.16 Å². The average molecular weight is 424 g/mol. The fourth-order valence-electron chi connectivity index (χ4n) is 4.27. The van der Waals surface area contributed by atoms with Gasteiger partial charge in [0.1, 0.15) is 0 Å². The molecule has 1 unspecified atom stereocenters. The molecule has 0 amide bonds. The van der Waals surface area contributed by atoms with E-state index >= 15 is 0 Å². The predicted octanol–water partition coefficient (Wildman–Crippen LogP) is 2.39. The van der Waals surface area contributed by atoms with E-state index in [-0.39, 0.29) is 6.10 Å². The topological polar surface area (TPSA) is 80.7 Å². The van der Waals surface area contributed by atoms with Crippen molar-refractivity contribution in [3.63, 3.8) is 0 Å². The van der Waals surface area contributed by atoms with Crippen LogP contribution in [0.15, 0.2) is 23.4 Å². The lowest BCUT2D eigenvalue weighted by molar-refractivity contribution is -0.00590. The normalized spacial score (nSPS) is 25.6. The minimum atomic E-state index is -3.45. The summed E-state index contributed by atoms with van der Waals surface area (Å²) in [7, 11) is 1.27. The number of hydrogen-bond acceptors (Lipinski definition) is 6. The summed E-state index contributed by atoms with van der Waals surface area (Å²) in [4.78, 5) is 5.79. The van der Waals surface area contributed by atoms with Crippen LogP contribution in [0.1, 0.15) is 44.1 Å². The number of oxime groups is 1. The molecular formula is C20H29N3O5S. The summed E-state index contributed by atoms with van der Waals surface area (Å²) in [5, 5.41) is 4.32. The van der Waals surface area contributed by atoms with Crippen LogP contribution in [0.3, 0.4) is 0 Å². The lowest BCUT2D eigenvalue weighted by Crippen LogP contribution is -2.41. The minimum absolute atomic E-state index is 0.229. The summed E-state index contributed by atoms with van der Waals surface area (Å²) in [6, 6.07) is 5.80. The van der Waals surface area contributed by atoms with Crippen molar-refractivity contribution in [1.82, 2.24) is 8.61 Å². The Labute approximate surface area is 172 Å². The Morgan fingerprint density at radius 2 is 2.00 bits per heavy atom. The van der Waals surface area contributed by atoms with Crippen molar-refractivity contribution in [1.29, 1.82) is 0 Å². The van der Waals surface area contributed by atoms with Crippen molar-refractivity contribution in [2.45, 2.75) is 50.2 Å². The number of nitrogens with zero attached hydrogens (tertiary/aromatic N) is 3. The Kier molecular flexibility index (Phi) is 5.48. The van der Waals surface area contributed by atoms with E-state index in [0.717, 1.165) is 29.9 Å². The third-order valence-electron chi connectivity index (χ3n) is 6.00. The highest BCUT2D eigenvalue weighted by Gasteiger charge is 2.49. The quantitative estimate of drug-likeness (QED) is 0.702. The first kappa shape index (κ1) is 20.4. The SMILES string of the molecule is COc1ccc(C2=NOC3(CCN(S(=O)(=O)N(C)C)C3)C2)cc1OC1CCCC1. The van der Waals surface area contributed by atoms with Gasteiger partial charge >= 0.3 is 0 Å². The van der Waals surface area contributed by atoms with Gasteiger partial charge in [0.25, 0.3) is 10.2 Å². The highest BCUT2D eigenvalue weighted by molar-refractivity contribution is 7.86. The molecule has 2 fully saturated rings. The molecule has 0 radical (unpaired) electrons. The van der Waals surface area contributed by atoms with Crippen LogP contribution in [0.4, 0.5) is 0 Å². The van der Waals surface area contributed by atoms with Crippen LogP contribution in [-0.4, -0.2) is 68.7 Å².